The van der Waals surface area contributed by atoms with Crippen LogP contribution in [0.25, 0.3) is 0 Å². The maximum Gasteiger partial charge on any atom is 0.181 e. The number of para-hydroxylation sites is 1. The molecule has 0 bridgehead atoms. The lowest BCUT2D eigenvalue weighted by atomic mass is 10.0. The predicted octanol–water partition coefficient (Wildman–Crippen LogP) is 2.66. The lowest BCUT2D eigenvalue weighted by molar-refractivity contribution is 0.247. The quantitative estimate of drug-likeness (QED) is 0.820. The molecule has 1 rings (SSSR count). The Labute approximate surface area is 115 Å². The second-order valence-electron chi connectivity index (χ2n) is 4.44. The van der Waals surface area contributed by atoms with E-state index in [9.17, 15) is 0 Å². The van der Waals surface area contributed by atoms with Gasteiger partial charge < -0.3 is 15.2 Å². The summed E-state index contributed by atoms with van der Waals surface area (Å²) in [5.74, 6) is 1.31. The van der Waals surface area contributed by atoms with Crippen LogP contribution in [0.15, 0.2) is 18.2 Å². The third-order valence-corrected chi connectivity index (χ3v) is 2.84. The molecule has 1 aromatic rings. The maximum atomic E-state index is 8.90. The molecular weight excluding hydrogens is 240 g/mol. The van der Waals surface area contributed by atoms with Crippen LogP contribution < -0.4 is 15.2 Å². The minimum atomic E-state index is -0.516. The molecule has 0 aliphatic rings. The summed E-state index contributed by atoms with van der Waals surface area (Å²) in [6.45, 7) is 6.24. The van der Waals surface area contributed by atoms with Crippen molar-refractivity contribution in [1.82, 2.24) is 0 Å². The van der Waals surface area contributed by atoms with Gasteiger partial charge in [-0.15, -0.1) is 0 Å². The van der Waals surface area contributed by atoms with Gasteiger partial charge in [0.05, 0.1) is 6.61 Å². The first-order chi connectivity index (χ1) is 9.12. The largest absolute Gasteiger partial charge is 0.490 e. The standard InChI is InChI=1S/C15H22N2O2/c1-4-13(17)9-12-7-6-8-14(18-5-2)15(12)19-11(3)10-16/h6-8,11,13H,4-5,9,17H2,1-3H3. The van der Waals surface area contributed by atoms with Crippen LogP contribution in [0, 0.1) is 11.3 Å². The van der Waals surface area contributed by atoms with Crippen molar-refractivity contribution in [3.05, 3.63) is 23.8 Å². The molecule has 0 saturated carbocycles. The summed E-state index contributed by atoms with van der Waals surface area (Å²) in [7, 11) is 0. The Bertz CT molecular complexity index is 440. The van der Waals surface area contributed by atoms with Crippen LogP contribution in [0.3, 0.4) is 0 Å². The van der Waals surface area contributed by atoms with Crippen LogP contribution >= 0.6 is 0 Å². The molecular formula is C15H22N2O2. The van der Waals surface area contributed by atoms with Crippen LogP contribution in [-0.2, 0) is 6.42 Å². The van der Waals surface area contributed by atoms with Gasteiger partial charge in [-0.05, 0) is 38.3 Å². The van der Waals surface area contributed by atoms with Crippen molar-refractivity contribution in [2.45, 2.75) is 45.8 Å². The summed E-state index contributed by atoms with van der Waals surface area (Å²) >= 11 is 0. The van der Waals surface area contributed by atoms with Gasteiger partial charge in [0.2, 0.25) is 0 Å². The minimum Gasteiger partial charge on any atom is -0.490 e. The molecule has 0 aromatic heterocycles. The van der Waals surface area contributed by atoms with Crippen LogP contribution in [0.4, 0.5) is 0 Å². The highest BCUT2D eigenvalue weighted by molar-refractivity contribution is 5.47. The lowest BCUT2D eigenvalue weighted by Gasteiger charge is -2.18. The van der Waals surface area contributed by atoms with E-state index in [1.807, 2.05) is 25.1 Å². The average Bonchev–Trinajstić information content (AvgIpc) is 2.42. The highest BCUT2D eigenvalue weighted by atomic mass is 16.5. The van der Waals surface area contributed by atoms with Gasteiger partial charge in [0.25, 0.3) is 0 Å². The summed E-state index contributed by atoms with van der Waals surface area (Å²) in [5.41, 5.74) is 6.99. The normalized spacial score (nSPS) is 13.4. The van der Waals surface area contributed by atoms with E-state index in [2.05, 4.69) is 13.0 Å². The van der Waals surface area contributed by atoms with Crippen LogP contribution in [0.2, 0.25) is 0 Å². The highest BCUT2D eigenvalue weighted by Crippen LogP contribution is 2.33. The molecule has 0 aliphatic heterocycles. The number of ether oxygens (including phenoxy) is 2. The Balaban J connectivity index is 3.06. The maximum absolute atomic E-state index is 8.90. The zero-order valence-corrected chi connectivity index (χ0v) is 11.8. The Morgan fingerprint density at radius 2 is 2.11 bits per heavy atom. The van der Waals surface area contributed by atoms with Crippen molar-refractivity contribution in [3.8, 4) is 17.6 Å². The third-order valence-electron chi connectivity index (χ3n) is 2.84. The van der Waals surface area contributed by atoms with Crippen LogP contribution in [0.1, 0.15) is 32.8 Å². The van der Waals surface area contributed by atoms with E-state index in [4.69, 9.17) is 20.5 Å². The molecule has 0 fully saturated rings. The predicted molar refractivity (Wildman–Crippen MR) is 75.3 cm³/mol. The zero-order chi connectivity index (χ0) is 14.3. The molecule has 0 radical (unpaired) electrons. The number of hydrogen-bond acceptors (Lipinski definition) is 4. The van der Waals surface area contributed by atoms with Crippen LogP contribution in [-0.4, -0.2) is 18.8 Å². The summed E-state index contributed by atoms with van der Waals surface area (Å²) in [6.07, 6.45) is 1.09. The number of nitriles is 1. The molecule has 2 unspecified atom stereocenters. The number of rotatable bonds is 7. The second-order valence-corrected chi connectivity index (χ2v) is 4.44. The number of nitrogens with two attached hydrogens (primary N) is 1. The van der Waals surface area contributed by atoms with E-state index in [-0.39, 0.29) is 6.04 Å². The fraction of sp³-hybridized carbons (Fsp3) is 0.533. The fourth-order valence-electron chi connectivity index (χ4n) is 1.75. The summed E-state index contributed by atoms with van der Waals surface area (Å²) < 4.78 is 11.2. The molecule has 0 saturated heterocycles. The van der Waals surface area contributed by atoms with Gasteiger partial charge in [0.1, 0.15) is 6.07 Å². The van der Waals surface area contributed by atoms with Gasteiger partial charge in [0, 0.05) is 6.04 Å². The molecule has 19 heavy (non-hydrogen) atoms. The van der Waals surface area contributed by atoms with E-state index >= 15 is 0 Å². The van der Waals surface area contributed by atoms with Crippen molar-refractivity contribution in [2.24, 2.45) is 5.73 Å². The SMILES string of the molecule is CCOc1cccc(CC(N)CC)c1OC(C)C#N. The number of nitrogens with zero attached hydrogens (tertiary/aromatic N) is 1. The molecule has 0 heterocycles. The van der Waals surface area contributed by atoms with E-state index in [0.717, 1.165) is 12.0 Å². The van der Waals surface area contributed by atoms with E-state index in [1.165, 1.54) is 0 Å². The molecule has 2 N–H and O–H groups in total. The summed E-state index contributed by atoms with van der Waals surface area (Å²) in [5, 5.41) is 8.90. The van der Waals surface area contributed by atoms with Gasteiger partial charge in [-0.3, -0.25) is 0 Å². The molecule has 0 amide bonds. The van der Waals surface area contributed by atoms with Gasteiger partial charge in [-0.1, -0.05) is 19.1 Å². The summed E-state index contributed by atoms with van der Waals surface area (Å²) in [4.78, 5) is 0. The fourth-order valence-corrected chi connectivity index (χ4v) is 1.75. The average molecular weight is 262 g/mol. The Kier molecular flexibility index (Phi) is 6.17. The number of hydrogen-bond donors (Lipinski definition) is 1. The van der Waals surface area contributed by atoms with Gasteiger partial charge in [-0.25, -0.2) is 0 Å². The van der Waals surface area contributed by atoms with E-state index in [0.29, 0.717) is 24.5 Å². The van der Waals surface area contributed by atoms with Gasteiger partial charge in [0.15, 0.2) is 17.6 Å². The topological polar surface area (TPSA) is 68.3 Å². The second kappa shape index (κ2) is 7.65. The van der Waals surface area contributed by atoms with Crippen molar-refractivity contribution >= 4 is 0 Å². The number of benzene rings is 1. The molecule has 4 nitrogen and oxygen atoms in total. The molecule has 104 valence electrons. The molecule has 1 aromatic carbocycles. The lowest BCUT2D eigenvalue weighted by Crippen LogP contribution is -2.22. The monoisotopic (exact) mass is 262 g/mol. The first kappa shape index (κ1) is 15.3. The van der Waals surface area contributed by atoms with Crippen molar-refractivity contribution in [1.29, 1.82) is 5.26 Å². The Hall–Kier alpha value is -1.73. The van der Waals surface area contributed by atoms with Crippen molar-refractivity contribution < 1.29 is 9.47 Å². The minimum absolute atomic E-state index is 0.0802. The van der Waals surface area contributed by atoms with E-state index in [1.54, 1.807) is 6.92 Å². The summed E-state index contributed by atoms with van der Waals surface area (Å²) in [6, 6.07) is 7.89. The van der Waals surface area contributed by atoms with Crippen molar-refractivity contribution in [2.75, 3.05) is 6.61 Å². The third kappa shape index (κ3) is 4.46. The highest BCUT2D eigenvalue weighted by Gasteiger charge is 2.15. The first-order valence-electron chi connectivity index (χ1n) is 6.68. The smallest absolute Gasteiger partial charge is 0.181 e. The van der Waals surface area contributed by atoms with E-state index < -0.39 is 6.10 Å². The zero-order valence-electron chi connectivity index (χ0n) is 11.8. The molecule has 2 atom stereocenters. The Morgan fingerprint density at radius 1 is 1.37 bits per heavy atom. The van der Waals surface area contributed by atoms with Crippen LogP contribution in [0.5, 0.6) is 11.5 Å². The van der Waals surface area contributed by atoms with Crippen molar-refractivity contribution in [3.63, 3.8) is 0 Å². The van der Waals surface area contributed by atoms with Gasteiger partial charge >= 0.3 is 0 Å². The molecule has 4 heteroatoms. The van der Waals surface area contributed by atoms with Gasteiger partial charge in [-0.2, -0.15) is 5.26 Å². The molecule has 0 spiro atoms. The Morgan fingerprint density at radius 3 is 2.68 bits per heavy atom. The first-order valence-corrected chi connectivity index (χ1v) is 6.68. The molecule has 0 aliphatic carbocycles.